The van der Waals surface area contributed by atoms with Gasteiger partial charge >= 0.3 is 0 Å². The molecule has 20 heavy (non-hydrogen) atoms. The Hall–Kier alpha value is -1.22. The fraction of sp³-hybridized carbons (Fsp3) is 0.0769. The molecule has 0 radical (unpaired) electrons. The van der Waals surface area contributed by atoms with E-state index in [0.29, 0.717) is 11.8 Å². The third-order valence-electron chi connectivity index (χ3n) is 2.58. The van der Waals surface area contributed by atoms with E-state index in [-0.39, 0.29) is 0 Å². The summed E-state index contributed by atoms with van der Waals surface area (Å²) in [6.45, 7) is 1.74. The molecule has 0 bridgehead atoms. The molecule has 2 aromatic rings. The molecule has 2 rings (SSSR count). The van der Waals surface area contributed by atoms with Crippen LogP contribution in [0.3, 0.4) is 0 Å². The number of nitrogens with one attached hydrogen (secondary N) is 1. The Kier molecular flexibility index (Phi) is 4.28. The van der Waals surface area contributed by atoms with Crippen LogP contribution in [-0.4, -0.2) is 8.42 Å². The first-order valence-corrected chi connectivity index (χ1v) is 8.09. The summed E-state index contributed by atoms with van der Waals surface area (Å²) in [5.74, 6) is -1.88. The largest absolute Gasteiger partial charge is 0.279 e. The minimum Gasteiger partial charge on any atom is -0.279 e. The molecule has 1 N–H and O–H groups in total. The molecule has 0 saturated heterocycles. The van der Waals surface area contributed by atoms with Gasteiger partial charge in [0.2, 0.25) is 0 Å². The monoisotopic (exact) mass is 409 g/mol. The highest BCUT2D eigenvalue weighted by Crippen LogP contribution is 2.22. The zero-order valence-electron chi connectivity index (χ0n) is 10.3. The van der Waals surface area contributed by atoms with E-state index in [1.165, 1.54) is 0 Å². The fourth-order valence-corrected chi connectivity index (χ4v) is 3.45. The van der Waals surface area contributed by atoms with Crippen LogP contribution in [0.5, 0.6) is 0 Å². The maximum Gasteiger partial charge on any atom is 0.262 e. The second-order valence-corrected chi connectivity index (χ2v) is 7.10. The molecule has 2 aromatic carbocycles. The molecule has 0 saturated carbocycles. The van der Waals surface area contributed by atoms with Gasteiger partial charge in [-0.25, -0.2) is 17.2 Å². The number of rotatable bonds is 3. The first-order valence-electron chi connectivity index (χ1n) is 5.53. The Morgan fingerprint density at radius 3 is 2.20 bits per heavy atom. The Bertz CT molecular complexity index is 743. The predicted molar refractivity (Wildman–Crippen MR) is 81.1 cm³/mol. The van der Waals surface area contributed by atoms with Crippen molar-refractivity contribution in [3.05, 3.63) is 57.2 Å². The van der Waals surface area contributed by atoms with Gasteiger partial charge < -0.3 is 0 Å². The van der Waals surface area contributed by atoms with Gasteiger partial charge in [-0.2, -0.15) is 0 Å². The van der Waals surface area contributed by atoms with E-state index in [2.05, 4.69) is 27.3 Å². The molecule has 0 aliphatic heterocycles. The standard InChI is InChI=1S/C13H10F2INO2S/c1-8-4-11(16)2-3-13(8)17-20(18,19)12-6-9(14)5-10(15)7-12/h2-7,17H,1H3. The molecule has 0 fully saturated rings. The minimum absolute atomic E-state index is 0.370. The van der Waals surface area contributed by atoms with E-state index in [0.717, 1.165) is 21.3 Å². The minimum atomic E-state index is -4.03. The quantitative estimate of drug-likeness (QED) is 0.787. The number of anilines is 1. The number of hydrogen-bond acceptors (Lipinski definition) is 2. The fourth-order valence-electron chi connectivity index (χ4n) is 1.63. The maximum atomic E-state index is 13.1. The van der Waals surface area contributed by atoms with Gasteiger partial charge in [0.15, 0.2) is 0 Å². The van der Waals surface area contributed by atoms with Crippen LogP contribution in [0.25, 0.3) is 0 Å². The molecule has 3 nitrogen and oxygen atoms in total. The van der Waals surface area contributed by atoms with Gasteiger partial charge in [-0.15, -0.1) is 0 Å². The van der Waals surface area contributed by atoms with Crippen LogP contribution in [0.15, 0.2) is 41.3 Å². The van der Waals surface area contributed by atoms with E-state index in [1.54, 1.807) is 25.1 Å². The summed E-state index contributed by atoms with van der Waals surface area (Å²) in [6.07, 6.45) is 0. The first-order chi connectivity index (χ1) is 9.28. The van der Waals surface area contributed by atoms with Gasteiger partial charge in [0.25, 0.3) is 10.0 Å². The average molecular weight is 409 g/mol. The Balaban J connectivity index is 2.40. The number of hydrogen-bond donors (Lipinski definition) is 1. The highest BCUT2D eigenvalue weighted by Gasteiger charge is 2.17. The van der Waals surface area contributed by atoms with Gasteiger partial charge in [-0.1, -0.05) is 0 Å². The van der Waals surface area contributed by atoms with E-state index < -0.39 is 26.6 Å². The van der Waals surface area contributed by atoms with Crippen molar-refractivity contribution in [3.8, 4) is 0 Å². The van der Waals surface area contributed by atoms with Gasteiger partial charge in [0.1, 0.15) is 11.6 Å². The van der Waals surface area contributed by atoms with Crippen LogP contribution in [0.2, 0.25) is 0 Å². The lowest BCUT2D eigenvalue weighted by molar-refractivity contribution is 0.568. The zero-order valence-corrected chi connectivity index (χ0v) is 13.3. The first kappa shape index (κ1) is 15.2. The highest BCUT2D eigenvalue weighted by atomic mass is 127. The number of sulfonamides is 1. The van der Waals surface area contributed by atoms with Crippen molar-refractivity contribution in [2.45, 2.75) is 11.8 Å². The summed E-state index contributed by atoms with van der Waals surface area (Å²) in [5, 5.41) is 0. The van der Waals surface area contributed by atoms with Crippen molar-refractivity contribution >= 4 is 38.3 Å². The lowest BCUT2D eigenvalue weighted by Gasteiger charge is -2.11. The SMILES string of the molecule is Cc1cc(I)ccc1NS(=O)(=O)c1cc(F)cc(F)c1. The molecule has 0 amide bonds. The van der Waals surface area contributed by atoms with Gasteiger partial charge in [0, 0.05) is 9.64 Å². The van der Waals surface area contributed by atoms with Crippen LogP contribution in [0, 0.1) is 22.1 Å². The van der Waals surface area contributed by atoms with E-state index in [4.69, 9.17) is 0 Å². The van der Waals surface area contributed by atoms with Gasteiger partial charge in [0.05, 0.1) is 10.6 Å². The van der Waals surface area contributed by atoms with E-state index in [1.807, 2.05) is 0 Å². The molecule has 0 atom stereocenters. The van der Waals surface area contributed by atoms with Crippen LogP contribution >= 0.6 is 22.6 Å². The van der Waals surface area contributed by atoms with Crippen molar-refractivity contribution in [2.75, 3.05) is 4.72 Å². The summed E-state index contributed by atoms with van der Waals surface area (Å²) >= 11 is 2.10. The van der Waals surface area contributed by atoms with Crippen molar-refractivity contribution in [3.63, 3.8) is 0 Å². The van der Waals surface area contributed by atoms with Crippen LogP contribution in [-0.2, 0) is 10.0 Å². The molecule has 0 spiro atoms. The maximum absolute atomic E-state index is 13.1. The molecule has 0 aromatic heterocycles. The third-order valence-corrected chi connectivity index (χ3v) is 4.60. The second-order valence-electron chi connectivity index (χ2n) is 4.17. The van der Waals surface area contributed by atoms with E-state index in [9.17, 15) is 17.2 Å². The zero-order chi connectivity index (χ0) is 14.9. The summed E-state index contributed by atoms with van der Waals surface area (Å²) in [7, 11) is -4.03. The lowest BCUT2D eigenvalue weighted by atomic mass is 10.2. The Morgan fingerprint density at radius 1 is 1.05 bits per heavy atom. The summed E-state index contributed by atoms with van der Waals surface area (Å²) in [5.41, 5.74) is 1.09. The normalized spacial score (nSPS) is 11.4. The number of aryl methyl sites for hydroxylation is 1. The smallest absolute Gasteiger partial charge is 0.262 e. The van der Waals surface area contributed by atoms with Crippen molar-refractivity contribution in [1.82, 2.24) is 0 Å². The summed E-state index contributed by atoms with van der Waals surface area (Å²) in [4.78, 5) is -0.451. The summed E-state index contributed by atoms with van der Waals surface area (Å²) in [6, 6.07) is 7.29. The van der Waals surface area contributed by atoms with Gasteiger partial charge in [-0.3, -0.25) is 4.72 Å². The third kappa shape index (κ3) is 3.45. The molecule has 0 aliphatic rings. The second kappa shape index (κ2) is 5.65. The van der Waals surface area contributed by atoms with Crippen LogP contribution in [0.1, 0.15) is 5.56 Å². The Labute approximate surface area is 129 Å². The molecule has 0 unspecified atom stereocenters. The highest BCUT2D eigenvalue weighted by molar-refractivity contribution is 14.1. The van der Waals surface area contributed by atoms with Crippen LogP contribution in [0.4, 0.5) is 14.5 Å². The topological polar surface area (TPSA) is 46.2 Å². The summed E-state index contributed by atoms with van der Waals surface area (Å²) < 4.78 is 53.7. The average Bonchev–Trinajstić information content (AvgIpc) is 2.31. The van der Waals surface area contributed by atoms with Crippen molar-refractivity contribution in [2.24, 2.45) is 0 Å². The molecular weight excluding hydrogens is 399 g/mol. The predicted octanol–water partition coefficient (Wildman–Crippen LogP) is 3.68. The van der Waals surface area contributed by atoms with E-state index >= 15 is 0 Å². The van der Waals surface area contributed by atoms with Gasteiger partial charge in [-0.05, 0) is 65.4 Å². The van der Waals surface area contributed by atoms with Crippen molar-refractivity contribution in [1.29, 1.82) is 0 Å². The molecule has 106 valence electrons. The molecule has 0 heterocycles. The molecule has 7 heteroatoms. The number of benzene rings is 2. The molecular formula is C13H10F2INO2S. The number of halogens is 3. The lowest BCUT2D eigenvalue weighted by Crippen LogP contribution is -2.14. The van der Waals surface area contributed by atoms with Crippen molar-refractivity contribution < 1.29 is 17.2 Å². The molecule has 0 aliphatic carbocycles. The van der Waals surface area contributed by atoms with Crippen LogP contribution < -0.4 is 4.72 Å². The Morgan fingerprint density at radius 2 is 1.65 bits per heavy atom.